The molecule has 2 N–H and O–H groups in total. The van der Waals surface area contributed by atoms with E-state index in [1.165, 1.54) is 12.6 Å². The molecule has 1 amide bonds. The van der Waals surface area contributed by atoms with Crippen molar-refractivity contribution in [1.82, 2.24) is 14.9 Å². The molecule has 2 aromatic rings. The van der Waals surface area contributed by atoms with Crippen molar-refractivity contribution in [2.45, 2.75) is 43.2 Å². The molecule has 1 saturated heterocycles. The zero-order chi connectivity index (χ0) is 20.9. The van der Waals surface area contributed by atoms with Gasteiger partial charge in [-0.15, -0.1) is 0 Å². The number of nitrogens with zero attached hydrogens (tertiary/aromatic N) is 1. The van der Waals surface area contributed by atoms with E-state index < -0.39 is 10.0 Å². The molecule has 0 aliphatic carbocycles. The Morgan fingerprint density at radius 1 is 1.14 bits per heavy atom. The SMILES string of the molecule is CNS(=O)(=O)c1ccc(CCC(=O)NC2CCN(C(C)c3ccccc3)C2)cc1. The van der Waals surface area contributed by atoms with Crippen LogP contribution in [0.2, 0.25) is 0 Å². The molecule has 0 bridgehead atoms. The number of carbonyl (C=O) groups is 1. The van der Waals surface area contributed by atoms with Crippen LogP contribution in [0.25, 0.3) is 0 Å². The molecule has 0 saturated carbocycles. The lowest BCUT2D eigenvalue weighted by atomic mass is 10.1. The summed E-state index contributed by atoms with van der Waals surface area (Å²) in [5, 5.41) is 3.14. The Morgan fingerprint density at radius 2 is 1.83 bits per heavy atom. The fourth-order valence-electron chi connectivity index (χ4n) is 3.71. The van der Waals surface area contributed by atoms with Gasteiger partial charge in [0, 0.05) is 31.6 Å². The molecule has 29 heavy (non-hydrogen) atoms. The quantitative estimate of drug-likeness (QED) is 0.694. The highest BCUT2D eigenvalue weighted by molar-refractivity contribution is 7.89. The summed E-state index contributed by atoms with van der Waals surface area (Å²) in [6, 6.07) is 17.6. The Balaban J connectivity index is 1.45. The Kier molecular flexibility index (Phi) is 7.05. The van der Waals surface area contributed by atoms with Crippen LogP contribution in [-0.4, -0.2) is 45.4 Å². The first-order chi connectivity index (χ1) is 13.9. The second-order valence-electron chi connectivity index (χ2n) is 7.49. The summed E-state index contributed by atoms with van der Waals surface area (Å²) in [6.45, 7) is 4.04. The fourth-order valence-corrected chi connectivity index (χ4v) is 4.44. The number of benzene rings is 2. The van der Waals surface area contributed by atoms with Gasteiger partial charge >= 0.3 is 0 Å². The van der Waals surface area contributed by atoms with Gasteiger partial charge in [0.1, 0.15) is 0 Å². The summed E-state index contributed by atoms with van der Waals surface area (Å²) in [5.74, 6) is 0.0381. The number of likely N-dealkylation sites (tertiary alicyclic amines) is 1. The van der Waals surface area contributed by atoms with Crippen molar-refractivity contribution in [2.75, 3.05) is 20.1 Å². The van der Waals surface area contributed by atoms with Crippen molar-refractivity contribution < 1.29 is 13.2 Å². The lowest BCUT2D eigenvalue weighted by molar-refractivity contribution is -0.121. The third-order valence-corrected chi connectivity index (χ3v) is 6.99. The molecule has 3 rings (SSSR count). The van der Waals surface area contributed by atoms with E-state index in [2.05, 4.69) is 46.1 Å². The monoisotopic (exact) mass is 415 g/mol. The average Bonchev–Trinajstić information content (AvgIpc) is 3.21. The lowest BCUT2D eigenvalue weighted by Gasteiger charge is -2.24. The van der Waals surface area contributed by atoms with Crippen LogP contribution in [0, 0.1) is 0 Å². The second kappa shape index (κ2) is 9.52. The van der Waals surface area contributed by atoms with Crippen molar-refractivity contribution in [2.24, 2.45) is 0 Å². The van der Waals surface area contributed by atoms with Gasteiger partial charge in [-0.05, 0) is 50.1 Å². The maximum atomic E-state index is 12.4. The van der Waals surface area contributed by atoms with Gasteiger partial charge in [0.15, 0.2) is 0 Å². The minimum Gasteiger partial charge on any atom is -0.352 e. The molecular formula is C22H29N3O3S. The van der Waals surface area contributed by atoms with Crippen molar-refractivity contribution in [3.8, 4) is 0 Å². The molecule has 1 heterocycles. The number of amides is 1. The highest BCUT2D eigenvalue weighted by atomic mass is 32.2. The zero-order valence-electron chi connectivity index (χ0n) is 17.0. The second-order valence-corrected chi connectivity index (χ2v) is 9.37. The Bertz CT molecular complexity index is 914. The van der Waals surface area contributed by atoms with Crippen LogP contribution in [0.5, 0.6) is 0 Å². The summed E-state index contributed by atoms with van der Waals surface area (Å²) in [6.07, 6.45) is 1.94. The minimum atomic E-state index is -3.43. The number of rotatable bonds is 8. The third kappa shape index (κ3) is 5.65. The van der Waals surface area contributed by atoms with Crippen molar-refractivity contribution in [1.29, 1.82) is 0 Å². The molecule has 2 atom stereocenters. The predicted octanol–water partition coefficient (Wildman–Crippen LogP) is 2.48. The normalized spacial score (nSPS) is 18.5. The Hall–Kier alpha value is -2.22. The predicted molar refractivity (Wildman–Crippen MR) is 114 cm³/mol. The van der Waals surface area contributed by atoms with Crippen LogP contribution in [-0.2, 0) is 21.2 Å². The molecule has 6 nitrogen and oxygen atoms in total. The molecule has 156 valence electrons. The van der Waals surface area contributed by atoms with Crippen LogP contribution in [0.15, 0.2) is 59.5 Å². The van der Waals surface area contributed by atoms with Gasteiger partial charge in [-0.3, -0.25) is 9.69 Å². The minimum absolute atomic E-state index is 0.0381. The largest absolute Gasteiger partial charge is 0.352 e. The van der Waals surface area contributed by atoms with Gasteiger partial charge in [0.2, 0.25) is 15.9 Å². The molecule has 1 aliphatic heterocycles. The number of aryl methyl sites for hydroxylation is 1. The van der Waals surface area contributed by atoms with Gasteiger partial charge in [-0.1, -0.05) is 42.5 Å². The van der Waals surface area contributed by atoms with Gasteiger partial charge in [0.05, 0.1) is 4.90 Å². The first-order valence-corrected chi connectivity index (χ1v) is 11.5. The molecular weight excluding hydrogens is 386 g/mol. The molecule has 0 spiro atoms. The Labute approximate surface area is 173 Å². The van der Waals surface area contributed by atoms with Crippen molar-refractivity contribution in [3.05, 3.63) is 65.7 Å². The van der Waals surface area contributed by atoms with Crippen LogP contribution in [0.4, 0.5) is 0 Å². The van der Waals surface area contributed by atoms with Crippen LogP contribution >= 0.6 is 0 Å². The molecule has 0 aromatic heterocycles. The van der Waals surface area contributed by atoms with E-state index in [0.717, 1.165) is 25.1 Å². The highest BCUT2D eigenvalue weighted by Gasteiger charge is 2.27. The van der Waals surface area contributed by atoms with E-state index in [1.807, 2.05) is 6.07 Å². The molecule has 1 fully saturated rings. The first-order valence-electron chi connectivity index (χ1n) is 10.00. The van der Waals surface area contributed by atoms with Crippen LogP contribution < -0.4 is 10.0 Å². The summed E-state index contributed by atoms with van der Waals surface area (Å²) < 4.78 is 25.8. The number of nitrogens with one attached hydrogen (secondary N) is 2. The zero-order valence-corrected chi connectivity index (χ0v) is 17.8. The van der Waals surface area contributed by atoms with Gasteiger partial charge in [-0.25, -0.2) is 13.1 Å². The van der Waals surface area contributed by atoms with E-state index in [9.17, 15) is 13.2 Å². The van der Waals surface area contributed by atoms with Crippen LogP contribution in [0.1, 0.15) is 36.9 Å². The van der Waals surface area contributed by atoms with E-state index in [1.54, 1.807) is 24.3 Å². The summed E-state index contributed by atoms with van der Waals surface area (Å²) in [4.78, 5) is 15.0. The number of sulfonamides is 1. The summed E-state index contributed by atoms with van der Waals surface area (Å²) in [7, 11) is -2.04. The van der Waals surface area contributed by atoms with Crippen molar-refractivity contribution in [3.63, 3.8) is 0 Å². The molecule has 7 heteroatoms. The maximum Gasteiger partial charge on any atom is 0.240 e. The average molecular weight is 416 g/mol. The van der Waals surface area contributed by atoms with E-state index in [4.69, 9.17) is 0 Å². The highest BCUT2D eigenvalue weighted by Crippen LogP contribution is 2.24. The van der Waals surface area contributed by atoms with Gasteiger partial charge in [0.25, 0.3) is 0 Å². The van der Waals surface area contributed by atoms with Gasteiger partial charge in [-0.2, -0.15) is 0 Å². The van der Waals surface area contributed by atoms with E-state index >= 15 is 0 Å². The Morgan fingerprint density at radius 3 is 2.48 bits per heavy atom. The molecule has 0 radical (unpaired) electrons. The number of hydrogen-bond acceptors (Lipinski definition) is 4. The summed E-state index contributed by atoms with van der Waals surface area (Å²) >= 11 is 0. The van der Waals surface area contributed by atoms with Crippen molar-refractivity contribution >= 4 is 15.9 Å². The van der Waals surface area contributed by atoms with E-state index in [-0.39, 0.29) is 16.8 Å². The number of hydrogen-bond donors (Lipinski definition) is 2. The first kappa shape index (κ1) is 21.5. The third-order valence-electron chi connectivity index (χ3n) is 5.56. The maximum absolute atomic E-state index is 12.4. The summed E-state index contributed by atoms with van der Waals surface area (Å²) in [5.41, 5.74) is 2.24. The smallest absolute Gasteiger partial charge is 0.240 e. The standard InChI is InChI=1S/C22H29N3O3S/c1-17(19-6-4-3-5-7-19)25-15-14-20(16-25)24-22(26)13-10-18-8-11-21(12-9-18)29(27,28)23-2/h3-9,11-12,17,20,23H,10,13-16H2,1-2H3,(H,24,26). The molecule has 2 aromatic carbocycles. The number of carbonyl (C=O) groups excluding carboxylic acids is 1. The molecule has 1 aliphatic rings. The van der Waals surface area contributed by atoms with E-state index in [0.29, 0.717) is 18.9 Å². The topological polar surface area (TPSA) is 78.5 Å². The fraction of sp³-hybridized carbons (Fsp3) is 0.409. The van der Waals surface area contributed by atoms with Crippen LogP contribution in [0.3, 0.4) is 0 Å². The molecule has 2 unspecified atom stereocenters. The van der Waals surface area contributed by atoms with Gasteiger partial charge < -0.3 is 5.32 Å². The lowest BCUT2D eigenvalue weighted by Crippen LogP contribution is -2.37.